The third-order valence-electron chi connectivity index (χ3n) is 6.71. The molecule has 2 aromatic carbocycles. The Bertz CT molecular complexity index is 1090. The van der Waals surface area contributed by atoms with Crippen LogP contribution in [-0.4, -0.2) is 53.0 Å². The van der Waals surface area contributed by atoms with Gasteiger partial charge in [0.05, 0.1) is 5.69 Å². The number of piperazine rings is 1. The fourth-order valence-electron chi connectivity index (χ4n) is 4.93. The number of anilines is 1. The van der Waals surface area contributed by atoms with Crippen molar-refractivity contribution in [2.45, 2.75) is 50.4 Å². The predicted octanol–water partition coefficient (Wildman–Crippen LogP) is 4.65. The van der Waals surface area contributed by atoms with Gasteiger partial charge in [-0.2, -0.15) is 0 Å². The number of hydrogen-bond donors (Lipinski definition) is 2. The van der Waals surface area contributed by atoms with Crippen LogP contribution in [0.4, 0.5) is 14.9 Å². The number of amides is 3. The van der Waals surface area contributed by atoms with Gasteiger partial charge < -0.3 is 15.5 Å². The first-order chi connectivity index (χ1) is 16.4. The van der Waals surface area contributed by atoms with Crippen molar-refractivity contribution in [3.63, 3.8) is 0 Å². The summed E-state index contributed by atoms with van der Waals surface area (Å²) < 4.78 is 13.2. The maximum atomic E-state index is 13.2. The lowest BCUT2D eigenvalue weighted by molar-refractivity contribution is -0.131. The second kappa shape index (κ2) is 9.76. The van der Waals surface area contributed by atoms with Crippen LogP contribution < -0.4 is 10.6 Å². The Hall–Kier alpha value is -2.90. The van der Waals surface area contributed by atoms with Crippen LogP contribution in [0.5, 0.6) is 0 Å². The van der Waals surface area contributed by atoms with Crippen LogP contribution >= 0.6 is 11.6 Å². The Morgan fingerprint density at radius 1 is 1.03 bits per heavy atom. The Morgan fingerprint density at radius 2 is 1.74 bits per heavy atom. The largest absolute Gasteiger partial charge is 0.335 e. The van der Waals surface area contributed by atoms with Crippen LogP contribution in [0.2, 0.25) is 5.02 Å². The molecule has 0 aromatic heterocycles. The summed E-state index contributed by atoms with van der Waals surface area (Å²) in [6, 6.07) is 12.2. The number of halogens is 2. The third-order valence-corrected chi connectivity index (χ3v) is 6.95. The van der Waals surface area contributed by atoms with Crippen molar-refractivity contribution in [2.24, 2.45) is 0 Å². The summed E-state index contributed by atoms with van der Waals surface area (Å²) >= 11 is 6.13. The molecule has 2 aromatic rings. The lowest BCUT2D eigenvalue weighted by atomic mass is 10.1. The first kappa shape index (κ1) is 22.9. The molecule has 6 nitrogen and oxygen atoms in total. The van der Waals surface area contributed by atoms with Crippen molar-refractivity contribution >= 4 is 35.3 Å². The molecule has 3 amide bonds. The summed E-state index contributed by atoms with van der Waals surface area (Å²) in [6.07, 6.45) is 7.32. The number of likely N-dealkylation sites (tertiary alicyclic amines) is 1. The third kappa shape index (κ3) is 5.42. The van der Waals surface area contributed by atoms with Gasteiger partial charge >= 0.3 is 6.03 Å². The summed E-state index contributed by atoms with van der Waals surface area (Å²) in [6.45, 7) is 2.37. The first-order valence-electron chi connectivity index (χ1n) is 11.8. The number of hydrogen-bond acceptors (Lipinski definition) is 3. The van der Waals surface area contributed by atoms with Gasteiger partial charge in [-0.15, -0.1) is 0 Å². The summed E-state index contributed by atoms with van der Waals surface area (Å²) in [7, 11) is 0. The van der Waals surface area contributed by atoms with Crippen molar-refractivity contribution in [2.75, 3.05) is 18.4 Å². The molecule has 0 spiro atoms. The monoisotopic (exact) mass is 482 g/mol. The Morgan fingerprint density at radius 3 is 2.41 bits per heavy atom. The van der Waals surface area contributed by atoms with Gasteiger partial charge in [0.15, 0.2) is 0 Å². The van der Waals surface area contributed by atoms with Gasteiger partial charge in [-0.05, 0) is 67.2 Å². The molecule has 1 aliphatic carbocycles. The molecule has 0 radical (unpaired) electrons. The van der Waals surface area contributed by atoms with Crippen molar-refractivity contribution < 1.29 is 14.0 Å². The lowest BCUT2D eigenvalue weighted by Crippen LogP contribution is -2.55. The molecular weight excluding hydrogens is 455 g/mol. The second-order valence-electron chi connectivity index (χ2n) is 9.39. The molecule has 3 aliphatic rings. The molecule has 34 heavy (non-hydrogen) atoms. The van der Waals surface area contributed by atoms with E-state index in [0.717, 1.165) is 56.4 Å². The maximum Gasteiger partial charge on any atom is 0.319 e. The Kier molecular flexibility index (Phi) is 6.57. The van der Waals surface area contributed by atoms with Gasteiger partial charge in [-0.25, -0.2) is 9.18 Å². The van der Waals surface area contributed by atoms with Crippen molar-refractivity contribution in [1.82, 2.24) is 15.1 Å². The average Bonchev–Trinajstić information content (AvgIpc) is 3.57. The van der Waals surface area contributed by atoms with E-state index in [4.69, 9.17) is 11.6 Å². The average molecular weight is 483 g/mol. The standard InChI is InChI=1S/C26H28ClFN4O2/c27-19-5-3-18(24(13-19)30-26(34)29-21-8-9-21)4-12-25(33)32-22-10-11-23(32)16-31(15-22)14-17-1-6-20(28)7-2-17/h1-7,12-13,21-23H,8-11,14-16H2,(H2,29,30,34). The van der Waals surface area contributed by atoms with Crippen LogP contribution in [0, 0.1) is 5.82 Å². The van der Waals surface area contributed by atoms with Crippen LogP contribution in [0.1, 0.15) is 36.8 Å². The van der Waals surface area contributed by atoms with E-state index in [1.54, 1.807) is 30.4 Å². The van der Waals surface area contributed by atoms with Gasteiger partial charge in [0.1, 0.15) is 5.82 Å². The van der Waals surface area contributed by atoms with Crippen molar-refractivity contribution in [3.05, 3.63) is 70.5 Å². The van der Waals surface area contributed by atoms with E-state index in [1.807, 2.05) is 17.0 Å². The molecule has 2 bridgehead atoms. The fraction of sp³-hybridized carbons (Fsp3) is 0.385. The van der Waals surface area contributed by atoms with Gasteiger partial charge in [0.2, 0.25) is 5.91 Å². The maximum absolute atomic E-state index is 13.2. The Balaban J connectivity index is 1.23. The number of benzene rings is 2. The molecule has 5 rings (SSSR count). The number of rotatable bonds is 6. The highest BCUT2D eigenvalue weighted by molar-refractivity contribution is 6.31. The second-order valence-corrected chi connectivity index (χ2v) is 9.83. The minimum Gasteiger partial charge on any atom is -0.335 e. The topological polar surface area (TPSA) is 64.7 Å². The summed E-state index contributed by atoms with van der Waals surface area (Å²) in [5, 5.41) is 6.26. The highest BCUT2D eigenvalue weighted by Gasteiger charge is 2.41. The summed E-state index contributed by atoms with van der Waals surface area (Å²) in [4.78, 5) is 29.7. The van der Waals surface area contributed by atoms with E-state index in [0.29, 0.717) is 10.7 Å². The van der Waals surface area contributed by atoms with E-state index in [1.165, 1.54) is 12.1 Å². The molecule has 2 aliphatic heterocycles. The molecule has 1 saturated carbocycles. The first-order valence-corrected chi connectivity index (χ1v) is 12.2. The van der Waals surface area contributed by atoms with Crippen molar-refractivity contribution in [1.29, 1.82) is 0 Å². The van der Waals surface area contributed by atoms with E-state index < -0.39 is 0 Å². The molecule has 3 fully saturated rings. The number of urea groups is 1. The van der Waals surface area contributed by atoms with E-state index >= 15 is 0 Å². The summed E-state index contributed by atoms with van der Waals surface area (Å²) in [5.41, 5.74) is 2.38. The molecular formula is C26H28ClFN4O2. The molecule has 2 N–H and O–H groups in total. The molecule has 2 atom stereocenters. The smallest absolute Gasteiger partial charge is 0.319 e. The normalized spacial score (nSPS) is 22.2. The van der Waals surface area contributed by atoms with Crippen LogP contribution in [-0.2, 0) is 11.3 Å². The zero-order valence-corrected chi connectivity index (χ0v) is 19.6. The molecule has 2 unspecified atom stereocenters. The van der Waals surface area contributed by atoms with Crippen LogP contribution in [0.3, 0.4) is 0 Å². The Labute approximate surface area is 203 Å². The van der Waals surface area contributed by atoms with Crippen LogP contribution in [0.25, 0.3) is 6.08 Å². The molecule has 8 heteroatoms. The predicted molar refractivity (Wildman–Crippen MR) is 131 cm³/mol. The highest BCUT2D eigenvalue weighted by Crippen LogP contribution is 2.32. The minimum absolute atomic E-state index is 0.0164. The number of carbonyl (C=O) groups excluding carboxylic acids is 2. The lowest BCUT2D eigenvalue weighted by Gasteiger charge is -2.40. The van der Waals surface area contributed by atoms with Crippen LogP contribution in [0.15, 0.2) is 48.5 Å². The highest BCUT2D eigenvalue weighted by atomic mass is 35.5. The van der Waals surface area contributed by atoms with E-state index in [9.17, 15) is 14.0 Å². The zero-order valence-electron chi connectivity index (χ0n) is 18.8. The van der Waals surface area contributed by atoms with E-state index in [-0.39, 0.29) is 35.9 Å². The minimum atomic E-state index is -0.263. The van der Waals surface area contributed by atoms with Gasteiger partial charge in [0, 0.05) is 48.9 Å². The zero-order chi connectivity index (χ0) is 23.7. The fourth-order valence-corrected chi connectivity index (χ4v) is 5.10. The number of carbonyl (C=O) groups is 2. The van der Waals surface area contributed by atoms with Gasteiger partial charge in [-0.1, -0.05) is 29.8 Å². The number of nitrogens with one attached hydrogen (secondary N) is 2. The quantitative estimate of drug-likeness (QED) is 0.589. The summed E-state index contributed by atoms with van der Waals surface area (Å²) in [5.74, 6) is -0.245. The number of nitrogens with zero attached hydrogens (tertiary/aromatic N) is 2. The van der Waals surface area contributed by atoms with E-state index in [2.05, 4.69) is 15.5 Å². The molecule has 2 heterocycles. The van der Waals surface area contributed by atoms with Crippen molar-refractivity contribution in [3.8, 4) is 0 Å². The van der Waals surface area contributed by atoms with Gasteiger partial charge in [-0.3, -0.25) is 9.69 Å². The van der Waals surface area contributed by atoms with Gasteiger partial charge in [0.25, 0.3) is 0 Å². The SMILES string of the molecule is O=C(Nc1cc(Cl)ccc1C=CC(=O)N1C2CCC1CN(Cc1ccc(F)cc1)C2)NC1CC1. The molecule has 178 valence electrons. The molecule has 2 saturated heterocycles. The number of fused-ring (bicyclic) bond motifs is 2.